The standard InChI is InChI=1S/C16H20F6O6S2/c1-9(28-13(23)5-4-12-8-10-2-3-11(12)7-10)6-14(29(24,25)15(17,18)19)30(26,27)16(20,21)22/h2-3,9-12,14H,4-8H2,1H3. The van der Waals surface area contributed by atoms with Gasteiger partial charge in [0.2, 0.25) is 0 Å². The Kier molecular flexibility index (Phi) is 6.92. The van der Waals surface area contributed by atoms with Gasteiger partial charge in [-0.15, -0.1) is 0 Å². The van der Waals surface area contributed by atoms with Gasteiger partial charge in [-0.05, 0) is 43.9 Å². The SMILES string of the molecule is CC(CC(S(=O)(=O)C(F)(F)F)S(=O)(=O)C(F)(F)F)OC(=O)CCC1CC2C=CC1C2. The summed E-state index contributed by atoms with van der Waals surface area (Å²) in [5, 5.41) is 0. The van der Waals surface area contributed by atoms with Crippen molar-refractivity contribution in [1.29, 1.82) is 0 Å². The number of esters is 1. The zero-order chi connectivity index (χ0) is 23.1. The third-order valence-electron chi connectivity index (χ3n) is 5.33. The third kappa shape index (κ3) is 5.11. The Bertz CT molecular complexity index is 846. The molecule has 0 aliphatic heterocycles. The van der Waals surface area contributed by atoms with Crippen molar-refractivity contribution in [2.24, 2.45) is 17.8 Å². The van der Waals surface area contributed by atoms with E-state index in [2.05, 4.69) is 6.08 Å². The highest BCUT2D eigenvalue weighted by molar-refractivity contribution is 8.09. The number of alkyl halides is 6. The van der Waals surface area contributed by atoms with Crippen LogP contribution < -0.4 is 0 Å². The molecule has 174 valence electrons. The summed E-state index contributed by atoms with van der Waals surface area (Å²) >= 11 is 0. The van der Waals surface area contributed by atoms with Crippen LogP contribution in [-0.4, -0.2) is 44.5 Å². The van der Waals surface area contributed by atoms with Crippen LogP contribution in [-0.2, 0) is 29.2 Å². The Labute approximate surface area is 169 Å². The van der Waals surface area contributed by atoms with Crippen LogP contribution in [0.5, 0.6) is 0 Å². The normalized spacial score (nSPS) is 25.7. The van der Waals surface area contributed by atoms with Crippen molar-refractivity contribution in [3.63, 3.8) is 0 Å². The molecule has 0 saturated heterocycles. The Balaban J connectivity index is 2.06. The zero-order valence-electron chi connectivity index (χ0n) is 15.6. The molecule has 4 atom stereocenters. The minimum absolute atomic E-state index is 0.172. The molecule has 1 fully saturated rings. The number of ether oxygens (including phenoxy) is 1. The number of rotatable bonds is 8. The van der Waals surface area contributed by atoms with Crippen LogP contribution >= 0.6 is 0 Å². The maximum atomic E-state index is 12.7. The number of hydrogen-bond acceptors (Lipinski definition) is 6. The van der Waals surface area contributed by atoms with Crippen molar-refractivity contribution in [1.82, 2.24) is 0 Å². The second kappa shape index (κ2) is 8.32. The zero-order valence-corrected chi connectivity index (χ0v) is 17.2. The molecule has 2 aliphatic rings. The highest BCUT2D eigenvalue weighted by Crippen LogP contribution is 2.45. The number of carbonyl (C=O) groups is 1. The van der Waals surface area contributed by atoms with Crippen molar-refractivity contribution in [3.8, 4) is 0 Å². The van der Waals surface area contributed by atoms with E-state index in [1.807, 2.05) is 6.08 Å². The minimum atomic E-state index is -6.75. The number of sulfone groups is 2. The molecule has 1 saturated carbocycles. The highest BCUT2D eigenvalue weighted by Gasteiger charge is 2.63. The summed E-state index contributed by atoms with van der Waals surface area (Å²) in [6.45, 7) is 0.836. The first kappa shape index (κ1) is 25.0. The quantitative estimate of drug-likeness (QED) is 0.296. The Morgan fingerprint density at radius 2 is 1.53 bits per heavy atom. The number of halogens is 6. The lowest BCUT2D eigenvalue weighted by Gasteiger charge is -2.24. The van der Waals surface area contributed by atoms with Gasteiger partial charge in [0.15, 0.2) is 4.58 Å². The molecule has 0 heterocycles. The second-order valence-corrected chi connectivity index (χ2v) is 12.1. The van der Waals surface area contributed by atoms with Crippen LogP contribution in [0.25, 0.3) is 0 Å². The largest absolute Gasteiger partial charge is 0.498 e. The van der Waals surface area contributed by atoms with E-state index in [1.165, 1.54) is 0 Å². The van der Waals surface area contributed by atoms with E-state index in [1.54, 1.807) is 0 Å². The summed E-state index contributed by atoms with van der Waals surface area (Å²) in [7, 11) is -13.5. The molecule has 0 aromatic carbocycles. The number of hydrogen-bond donors (Lipinski definition) is 0. The Morgan fingerprint density at radius 3 is 1.93 bits per heavy atom. The lowest BCUT2D eigenvalue weighted by atomic mass is 9.89. The molecule has 4 unspecified atom stereocenters. The maximum absolute atomic E-state index is 12.7. The number of carbonyl (C=O) groups excluding carboxylic acids is 1. The van der Waals surface area contributed by atoms with Gasteiger partial charge in [-0.1, -0.05) is 12.2 Å². The van der Waals surface area contributed by atoms with E-state index in [0.717, 1.165) is 19.8 Å². The van der Waals surface area contributed by atoms with Crippen LogP contribution in [0.15, 0.2) is 12.2 Å². The molecule has 0 spiro atoms. The van der Waals surface area contributed by atoms with Gasteiger partial charge in [-0.25, -0.2) is 16.8 Å². The molecule has 14 heteroatoms. The molecule has 0 aromatic rings. The first-order valence-electron chi connectivity index (χ1n) is 8.95. The monoisotopic (exact) mass is 486 g/mol. The van der Waals surface area contributed by atoms with E-state index < -0.39 is 53.8 Å². The van der Waals surface area contributed by atoms with Crippen LogP contribution in [0, 0.1) is 17.8 Å². The first-order chi connectivity index (χ1) is 13.5. The van der Waals surface area contributed by atoms with Gasteiger partial charge in [0.1, 0.15) is 6.10 Å². The Morgan fingerprint density at radius 1 is 1.00 bits per heavy atom. The lowest BCUT2D eigenvalue weighted by molar-refractivity contribution is -0.148. The molecule has 6 nitrogen and oxygen atoms in total. The molecular weight excluding hydrogens is 466 g/mol. The fourth-order valence-electron chi connectivity index (χ4n) is 3.85. The first-order valence-corrected chi connectivity index (χ1v) is 12.0. The van der Waals surface area contributed by atoms with E-state index in [4.69, 9.17) is 4.74 Å². The van der Waals surface area contributed by atoms with Gasteiger partial charge < -0.3 is 4.74 Å². The average Bonchev–Trinajstić information content (AvgIpc) is 3.18. The van der Waals surface area contributed by atoms with Crippen molar-refractivity contribution in [2.45, 2.75) is 60.7 Å². The smallest absolute Gasteiger partial charge is 0.463 e. The molecule has 0 N–H and O–H groups in total. The summed E-state index contributed by atoms with van der Waals surface area (Å²) in [6.07, 6.45) is 2.63. The van der Waals surface area contributed by atoms with Crippen LogP contribution in [0.2, 0.25) is 0 Å². The van der Waals surface area contributed by atoms with E-state index in [9.17, 15) is 48.0 Å². The molecule has 2 aliphatic carbocycles. The maximum Gasteiger partial charge on any atom is 0.498 e. The predicted molar refractivity (Wildman–Crippen MR) is 92.0 cm³/mol. The molecule has 30 heavy (non-hydrogen) atoms. The lowest BCUT2D eigenvalue weighted by Crippen LogP contribution is -2.46. The van der Waals surface area contributed by atoms with Gasteiger partial charge in [0.25, 0.3) is 19.7 Å². The summed E-state index contributed by atoms with van der Waals surface area (Å²) < 4.78 is 123. The van der Waals surface area contributed by atoms with Crippen molar-refractivity contribution >= 4 is 25.6 Å². The van der Waals surface area contributed by atoms with E-state index >= 15 is 0 Å². The van der Waals surface area contributed by atoms with Crippen molar-refractivity contribution in [2.75, 3.05) is 0 Å². The van der Waals surface area contributed by atoms with Gasteiger partial charge in [0, 0.05) is 12.8 Å². The van der Waals surface area contributed by atoms with Crippen LogP contribution in [0.3, 0.4) is 0 Å². The van der Waals surface area contributed by atoms with Gasteiger partial charge in [0.05, 0.1) is 0 Å². The molecule has 2 rings (SSSR count). The molecule has 0 radical (unpaired) electrons. The fraction of sp³-hybridized carbons (Fsp3) is 0.812. The summed E-state index contributed by atoms with van der Waals surface area (Å²) in [6, 6.07) is 0. The van der Waals surface area contributed by atoms with Gasteiger partial charge in [-0.2, -0.15) is 26.3 Å². The molecule has 0 amide bonds. The van der Waals surface area contributed by atoms with Gasteiger partial charge >= 0.3 is 17.0 Å². The molecular formula is C16H20F6O6S2. The second-order valence-electron chi connectivity index (χ2n) is 7.53. The van der Waals surface area contributed by atoms with Crippen molar-refractivity contribution in [3.05, 3.63) is 12.2 Å². The topological polar surface area (TPSA) is 94.6 Å². The summed E-state index contributed by atoms with van der Waals surface area (Å²) in [4.78, 5) is 11.9. The van der Waals surface area contributed by atoms with E-state index in [0.29, 0.717) is 18.3 Å². The predicted octanol–water partition coefficient (Wildman–Crippen LogP) is 3.50. The van der Waals surface area contributed by atoms with Crippen LogP contribution in [0.4, 0.5) is 26.3 Å². The molecule has 2 bridgehead atoms. The molecule has 0 aromatic heterocycles. The van der Waals surface area contributed by atoms with Crippen molar-refractivity contribution < 1.29 is 52.7 Å². The van der Waals surface area contributed by atoms with Crippen LogP contribution in [0.1, 0.15) is 39.0 Å². The minimum Gasteiger partial charge on any atom is -0.463 e. The van der Waals surface area contributed by atoms with Gasteiger partial charge in [-0.3, -0.25) is 4.79 Å². The van der Waals surface area contributed by atoms with E-state index in [-0.39, 0.29) is 12.3 Å². The summed E-state index contributed by atoms with van der Waals surface area (Å²) in [5.74, 6) is -0.0250. The fourth-order valence-corrected chi connectivity index (χ4v) is 7.48. The summed E-state index contributed by atoms with van der Waals surface area (Å²) in [5.41, 5.74) is -12.5. The average molecular weight is 486 g/mol. The Hall–Kier alpha value is -1.31. The highest BCUT2D eigenvalue weighted by atomic mass is 32.3. The number of fused-ring (bicyclic) bond motifs is 2. The number of allylic oxidation sites excluding steroid dienone is 2. The third-order valence-corrected chi connectivity index (χ3v) is 9.91.